The van der Waals surface area contributed by atoms with E-state index in [4.69, 9.17) is 10.3 Å². The molecule has 0 aliphatic rings. The molecule has 2 aromatic rings. The maximum atomic E-state index is 5.84. The van der Waals surface area contributed by atoms with E-state index in [2.05, 4.69) is 5.16 Å². The normalized spacial score (nSPS) is 13.5. The van der Waals surface area contributed by atoms with Gasteiger partial charge in [0.25, 0.3) is 0 Å². The molecule has 3 heteroatoms. The summed E-state index contributed by atoms with van der Waals surface area (Å²) in [5.41, 5.74) is 7.81. The largest absolute Gasteiger partial charge is 0.360 e. The third-order valence-corrected chi connectivity index (χ3v) is 2.20. The van der Waals surface area contributed by atoms with E-state index in [9.17, 15) is 0 Å². The molecule has 1 atom stereocenters. The van der Waals surface area contributed by atoms with Crippen LogP contribution < -0.4 is 5.73 Å². The lowest BCUT2D eigenvalue weighted by molar-refractivity contribution is 0.405. The molecule has 13 heavy (non-hydrogen) atoms. The van der Waals surface area contributed by atoms with Gasteiger partial charge in [-0.2, -0.15) is 0 Å². The van der Waals surface area contributed by atoms with Gasteiger partial charge in [-0.1, -0.05) is 17.3 Å². The highest BCUT2D eigenvalue weighted by Crippen LogP contribution is 2.25. The molecule has 2 rings (SSSR count). The van der Waals surface area contributed by atoms with Crippen molar-refractivity contribution >= 4 is 10.9 Å². The Kier molecular flexibility index (Phi) is 1.81. The first-order valence-corrected chi connectivity index (χ1v) is 4.30. The number of aromatic nitrogens is 1. The van der Waals surface area contributed by atoms with Crippen LogP contribution in [0.4, 0.5) is 0 Å². The Labute approximate surface area is 76.5 Å². The van der Waals surface area contributed by atoms with Crippen LogP contribution in [0.15, 0.2) is 22.7 Å². The smallest absolute Gasteiger partial charge is 0.141 e. The minimum absolute atomic E-state index is 0.0156. The number of benzene rings is 1. The van der Waals surface area contributed by atoms with Crippen molar-refractivity contribution in [2.45, 2.75) is 19.9 Å². The van der Waals surface area contributed by atoms with Crippen molar-refractivity contribution in [3.05, 3.63) is 29.5 Å². The maximum absolute atomic E-state index is 5.84. The topological polar surface area (TPSA) is 52.0 Å². The summed E-state index contributed by atoms with van der Waals surface area (Å²) in [7, 11) is 0. The van der Waals surface area contributed by atoms with E-state index in [1.807, 2.05) is 32.0 Å². The van der Waals surface area contributed by atoms with Gasteiger partial charge in [-0.15, -0.1) is 0 Å². The van der Waals surface area contributed by atoms with Crippen molar-refractivity contribution < 1.29 is 4.52 Å². The summed E-state index contributed by atoms with van der Waals surface area (Å²) in [4.78, 5) is 0. The molecule has 2 N–H and O–H groups in total. The molecule has 0 aliphatic carbocycles. The SMILES string of the molecule is Cc1onc2cccc(C(C)N)c12. The van der Waals surface area contributed by atoms with Gasteiger partial charge in [0.15, 0.2) is 0 Å². The van der Waals surface area contributed by atoms with E-state index >= 15 is 0 Å². The minimum atomic E-state index is 0.0156. The molecule has 0 spiro atoms. The van der Waals surface area contributed by atoms with Gasteiger partial charge < -0.3 is 10.3 Å². The Bertz CT molecular complexity index is 431. The summed E-state index contributed by atoms with van der Waals surface area (Å²) in [6.45, 7) is 3.86. The first kappa shape index (κ1) is 8.26. The third kappa shape index (κ3) is 1.21. The predicted molar refractivity (Wildman–Crippen MR) is 51.3 cm³/mol. The van der Waals surface area contributed by atoms with E-state index in [1.165, 1.54) is 0 Å². The Balaban J connectivity index is 2.80. The van der Waals surface area contributed by atoms with Gasteiger partial charge in [0.05, 0.1) is 0 Å². The van der Waals surface area contributed by atoms with Gasteiger partial charge >= 0.3 is 0 Å². The molecule has 68 valence electrons. The number of aryl methyl sites for hydroxylation is 1. The van der Waals surface area contributed by atoms with Gasteiger partial charge in [-0.25, -0.2) is 0 Å². The number of hydrogen-bond acceptors (Lipinski definition) is 3. The lowest BCUT2D eigenvalue weighted by Crippen LogP contribution is -2.05. The summed E-state index contributed by atoms with van der Waals surface area (Å²) >= 11 is 0. The van der Waals surface area contributed by atoms with Crippen molar-refractivity contribution in [3.63, 3.8) is 0 Å². The number of nitrogens with zero attached hydrogens (tertiary/aromatic N) is 1. The third-order valence-electron chi connectivity index (χ3n) is 2.20. The standard InChI is InChI=1S/C10H12N2O/c1-6(11)8-4-3-5-9-10(8)7(2)13-12-9/h3-6H,11H2,1-2H3. The molecule has 0 radical (unpaired) electrons. The summed E-state index contributed by atoms with van der Waals surface area (Å²) in [5, 5.41) is 4.98. The molecule has 0 aliphatic heterocycles. The van der Waals surface area contributed by atoms with Crippen LogP contribution in [0.2, 0.25) is 0 Å². The monoisotopic (exact) mass is 176 g/mol. The van der Waals surface area contributed by atoms with Crippen LogP contribution in [0.5, 0.6) is 0 Å². The van der Waals surface area contributed by atoms with Crippen LogP contribution in [0, 0.1) is 6.92 Å². The zero-order chi connectivity index (χ0) is 9.42. The highest BCUT2D eigenvalue weighted by Gasteiger charge is 2.10. The number of rotatable bonds is 1. The second-order valence-corrected chi connectivity index (χ2v) is 3.27. The molecule has 3 nitrogen and oxygen atoms in total. The average molecular weight is 176 g/mol. The summed E-state index contributed by atoms with van der Waals surface area (Å²) < 4.78 is 5.10. The molecule has 0 bridgehead atoms. The van der Waals surface area contributed by atoms with Crippen molar-refractivity contribution in [1.82, 2.24) is 5.16 Å². The second kappa shape index (κ2) is 2.85. The van der Waals surface area contributed by atoms with Crippen molar-refractivity contribution in [1.29, 1.82) is 0 Å². The predicted octanol–water partition coefficient (Wildman–Crippen LogP) is 2.16. The summed E-state index contributed by atoms with van der Waals surface area (Å²) in [6.07, 6.45) is 0. The molecule has 1 heterocycles. The lowest BCUT2D eigenvalue weighted by Gasteiger charge is -2.05. The van der Waals surface area contributed by atoms with Crippen molar-refractivity contribution in [2.24, 2.45) is 5.73 Å². The molecule has 1 aromatic heterocycles. The van der Waals surface area contributed by atoms with Gasteiger partial charge in [-0.3, -0.25) is 0 Å². The van der Waals surface area contributed by atoms with E-state index < -0.39 is 0 Å². The van der Waals surface area contributed by atoms with Crippen LogP contribution >= 0.6 is 0 Å². The van der Waals surface area contributed by atoms with Gasteiger partial charge in [-0.05, 0) is 25.5 Å². The Morgan fingerprint density at radius 1 is 1.46 bits per heavy atom. The molecule has 0 saturated carbocycles. The zero-order valence-electron chi connectivity index (χ0n) is 7.74. The van der Waals surface area contributed by atoms with Gasteiger partial charge in [0.1, 0.15) is 11.3 Å². The van der Waals surface area contributed by atoms with Crippen molar-refractivity contribution in [3.8, 4) is 0 Å². The number of nitrogens with two attached hydrogens (primary N) is 1. The van der Waals surface area contributed by atoms with Crippen molar-refractivity contribution in [2.75, 3.05) is 0 Å². The van der Waals surface area contributed by atoms with Crippen LogP contribution in [-0.2, 0) is 0 Å². The summed E-state index contributed by atoms with van der Waals surface area (Å²) in [5.74, 6) is 0.836. The zero-order valence-corrected chi connectivity index (χ0v) is 7.74. The van der Waals surface area contributed by atoms with E-state index in [0.717, 1.165) is 22.2 Å². The van der Waals surface area contributed by atoms with Crippen LogP contribution in [-0.4, -0.2) is 5.16 Å². The molecule has 1 unspecified atom stereocenters. The number of hydrogen-bond donors (Lipinski definition) is 1. The lowest BCUT2D eigenvalue weighted by atomic mass is 10.0. The van der Waals surface area contributed by atoms with Crippen LogP contribution in [0.3, 0.4) is 0 Å². The average Bonchev–Trinajstić information content (AvgIpc) is 2.48. The van der Waals surface area contributed by atoms with E-state index in [1.54, 1.807) is 0 Å². The summed E-state index contributed by atoms with van der Waals surface area (Å²) in [6, 6.07) is 5.90. The fraction of sp³-hybridized carbons (Fsp3) is 0.300. The fourth-order valence-corrected chi connectivity index (χ4v) is 1.56. The maximum Gasteiger partial charge on any atom is 0.141 e. The molecular weight excluding hydrogens is 164 g/mol. The highest BCUT2D eigenvalue weighted by atomic mass is 16.5. The molecule has 1 aromatic carbocycles. The second-order valence-electron chi connectivity index (χ2n) is 3.27. The number of fused-ring (bicyclic) bond motifs is 1. The Hall–Kier alpha value is -1.35. The van der Waals surface area contributed by atoms with Gasteiger partial charge in [0.2, 0.25) is 0 Å². The first-order chi connectivity index (χ1) is 6.20. The minimum Gasteiger partial charge on any atom is -0.360 e. The molecular formula is C10H12N2O. The van der Waals surface area contributed by atoms with Gasteiger partial charge in [0, 0.05) is 11.4 Å². The molecule has 0 saturated heterocycles. The molecule has 0 fully saturated rings. The fourth-order valence-electron chi connectivity index (χ4n) is 1.56. The Morgan fingerprint density at radius 3 is 2.92 bits per heavy atom. The van der Waals surface area contributed by atoms with E-state index in [0.29, 0.717) is 0 Å². The van der Waals surface area contributed by atoms with E-state index in [-0.39, 0.29) is 6.04 Å². The highest BCUT2D eigenvalue weighted by molar-refractivity contribution is 5.84. The quantitative estimate of drug-likeness (QED) is 0.724. The first-order valence-electron chi connectivity index (χ1n) is 4.30. The van der Waals surface area contributed by atoms with Crippen LogP contribution in [0.25, 0.3) is 10.9 Å². The van der Waals surface area contributed by atoms with Crippen LogP contribution in [0.1, 0.15) is 24.3 Å². The Morgan fingerprint density at radius 2 is 2.23 bits per heavy atom. The molecule has 0 amide bonds.